The Morgan fingerprint density at radius 1 is 1.12 bits per heavy atom. The standard InChI is InChI=1S/C13H21NO3/c1-8-7-12(15)9(2)6-11(8)14-10(3)13(16-4)17-5/h6-7,10,13-15H,1-5H3. The number of ether oxygens (including phenoxy) is 2. The van der Waals surface area contributed by atoms with Gasteiger partial charge in [0.2, 0.25) is 0 Å². The van der Waals surface area contributed by atoms with Gasteiger partial charge in [-0.25, -0.2) is 0 Å². The van der Waals surface area contributed by atoms with Crippen molar-refractivity contribution in [1.29, 1.82) is 0 Å². The Morgan fingerprint density at radius 2 is 1.71 bits per heavy atom. The van der Waals surface area contributed by atoms with Crippen molar-refractivity contribution in [3.63, 3.8) is 0 Å². The van der Waals surface area contributed by atoms with Crippen molar-refractivity contribution < 1.29 is 14.6 Å². The predicted molar refractivity (Wildman–Crippen MR) is 68.5 cm³/mol. The van der Waals surface area contributed by atoms with Crippen molar-refractivity contribution in [3.05, 3.63) is 23.3 Å². The van der Waals surface area contributed by atoms with E-state index < -0.39 is 0 Å². The van der Waals surface area contributed by atoms with Crippen molar-refractivity contribution in [2.75, 3.05) is 19.5 Å². The van der Waals surface area contributed by atoms with E-state index in [2.05, 4.69) is 5.32 Å². The van der Waals surface area contributed by atoms with Crippen LogP contribution in [0.2, 0.25) is 0 Å². The second-order valence-electron chi connectivity index (χ2n) is 4.23. The third-order valence-electron chi connectivity index (χ3n) is 2.80. The van der Waals surface area contributed by atoms with Crippen LogP contribution >= 0.6 is 0 Å². The van der Waals surface area contributed by atoms with Crippen molar-refractivity contribution >= 4 is 5.69 Å². The molecule has 0 aliphatic rings. The summed E-state index contributed by atoms with van der Waals surface area (Å²) in [5.41, 5.74) is 2.81. The summed E-state index contributed by atoms with van der Waals surface area (Å²) >= 11 is 0. The van der Waals surface area contributed by atoms with Gasteiger partial charge in [0.05, 0.1) is 6.04 Å². The number of benzene rings is 1. The minimum Gasteiger partial charge on any atom is -0.508 e. The van der Waals surface area contributed by atoms with Gasteiger partial charge in [-0.05, 0) is 44.0 Å². The fourth-order valence-corrected chi connectivity index (χ4v) is 1.77. The number of rotatable bonds is 5. The Morgan fingerprint density at radius 3 is 2.24 bits per heavy atom. The molecule has 0 fully saturated rings. The van der Waals surface area contributed by atoms with Crippen LogP contribution in [0.15, 0.2) is 12.1 Å². The Kier molecular flexibility index (Phi) is 4.78. The molecule has 0 bridgehead atoms. The highest BCUT2D eigenvalue weighted by atomic mass is 16.7. The molecule has 96 valence electrons. The third-order valence-corrected chi connectivity index (χ3v) is 2.80. The average Bonchev–Trinajstić information content (AvgIpc) is 2.27. The first-order valence-electron chi connectivity index (χ1n) is 5.62. The number of nitrogens with one attached hydrogen (secondary N) is 1. The zero-order valence-electron chi connectivity index (χ0n) is 11.1. The molecule has 0 amide bonds. The van der Waals surface area contributed by atoms with Crippen LogP contribution in [0.25, 0.3) is 0 Å². The molecular weight excluding hydrogens is 218 g/mol. The van der Waals surface area contributed by atoms with E-state index in [-0.39, 0.29) is 12.3 Å². The first-order valence-corrected chi connectivity index (χ1v) is 5.62. The SMILES string of the molecule is COC(OC)C(C)Nc1cc(C)c(O)cc1C. The molecule has 4 heteroatoms. The number of hydrogen-bond acceptors (Lipinski definition) is 4. The van der Waals surface area contributed by atoms with E-state index in [1.54, 1.807) is 20.3 Å². The Labute approximate surface area is 103 Å². The Balaban J connectivity index is 2.84. The van der Waals surface area contributed by atoms with Crippen molar-refractivity contribution in [2.24, 2.45) is 0 Å². The maximum atomic E-state index is 9.58. The summed E-state index contributed by atoms with van der Waals surface area (Å²) in [6.07, 6.45) is -0.302. The van der Waals surface area contributed by atoms with Crippen LogP contribution in [0.3, 0.4) is 0 Å². The van der Waals surface area contributed by atoms with E-state index in [4.69, 9.17) is 9.47 Å². The monoisotopic (exact) mass is 239 g/mol. The molecule has 0 aliphatic heterocycles. The number of anilines is 1. The molecule has 0 radical (unpaired) electrons. The fraction of sp³-hybridized carbons (Fsp3) is 0.538. The molecular formula is C13H21NO3. The number of phenolic OH excluding ortho intramolecular Hbond substituents is 1. The lowest BCUT2D eigenvalue weighted by Gasteiger charge is -2.24. The minimum absolute atomic E-state index is 0.0210. The summed E-state index contributed by atoms with van der Waals surface area (Å²) in [5.74, 6) is 0.315. The number of aryl methyl sites for hydroxylation is 2. The van der Waals surface area contributed by atoms with Gasteiger partial charge in [-0.15, -0.1) is 0 Å². The molecule has 0 heterocycles. The molecule has 1 aromatic rings. The maximum absolute atomic E-state index is 9.58. The minimum atomic E-state index is -0.302. The van der Waals surface area contributed by atoms with Gasteiger partial charge in [0.1, 0.15) is 5.75 Å². The summed E-state index contributed by atoms with van der Waals surface area (Å²) in [7, 11) is 3.22. The highest BCUT2D eigenvalue weighted by molar-refractivity contribution is 5.57. The lowest BCUT2D eigenvalue weighted by atomic mass is 10.1. The molecule has 1 atom stereocenters. The fourth-order valence-electron chi connectivity index (χ4n) is 1.77. The molecule has 1 aromatic carbocycles. The summed E-state index contributed by atoms with van der Waals surface area (Å²) < 4.78 is 10.4. The van der Waals surface area contributed by atoms with E-state index in [9.17, 15) is 5.11 Å². The van der Waals surface area contributed by atoms with Gasteiger partial charge in [0.15, 0.2) is 6.29 Å². The van der Waals surface area contributed by atoms with Crippen LogP contribution in [0.1, 0.15) is 18.1 Å². The molecule has 1 rings (SSSR count). The number of methoxy groups -OCH3 is 2. The van der Waals surface area contributed by atoms with Crippen LogP contribution in [0.5, 0.6) is 5.75 Å². The zero-order valence-corrected chi connectivity index (χ0v) is 11.1. The Bertz CT molecular complexity index is 375. The van der Waals surface area contributed by atoms with E-state index >= 15 is 0 Å². The van der Waals surface area contributed by atoms with Crippen LogP contribution in [0, 0.1) is 13.8 Å². The van der Waals surface area contributed by atoms with Gasteiger partial charge in [-0.1, -0.05) is 0 Å². The molecule has 4 nitrogen and oxygen atoms in total. The molecule has 0 aliphatic carbocycles. The summed E-state index contributed by atoms with van der Waals surface area (Å²) in [6.45, 7) is 5.80. The maximum Gasteiger partial charge on any atom is 0.176 e. The van der Waals surface area contributed by atoms with Crippen LogP contribution < -0.4 is 5.32 Å². The average molecular weight is 239 g/mol. The van der Waals surface area contributed by atoms with Crippen molar-refractivity contribution in [1.82, 2.24) is 0 Å². The number of hydrogen-bond donors (Lipinski definition) is 2. The smallest absolute Gasteiger partial charge is 0.176 e. The lowest BCUT2D eigenvalue weighted by molar-refractivity contribution is -0.109. The van der Waals surface area contributed by atoms with Gasteiger partial charge in [0.25, 0.3) is 0 Å². The lowest BCUT2D eigenvalue weighted by Crippen LogP contribution is -2.34. The van der Waals surface area contributed by atoms with E-state index in [1.165, 1.54) is 0 Å². The zero-order chi connectivity index (χ0) is 13.0. The van der Waals surface area contributed by atoms with Crippen LogP contribution in [-0.2, 0) is 9.47 Å². The summed E-state index contributed by atoms with van der Waals surface area (Å²) in [5, 5.41) is 12.9. The number of phenols is 1. The largest absolute Gasteiger partial charge is 0.508 e. The van der Waals surface area contributed by atoms with E-state index in [0.29, 0.717) is 5.75 Å². The molecule has 17 heavy (non-hydrogen) atoms. The van der Waals surface area contributed by atoms with Crippen LogP contribution in [0.4, 0.5) is 5.69 Å². The van der Waals surface area contributed by atoms with Crippen molar-refractivity contribution in [2.45, 2.75) is 33.1 Å². The van der Waals surface area contributed by atoms with Gasteiger partial charge in [0, 0.05) is 19.9 Å². The first-order chi connectivity index (χ1) is 7.99. The molecule has 0 saturated heterocycles. The molecule has 0 saturated carbocycles. The second kappa shape index (κ2) is 5.89. The molecule has 0 aromatic heterocycles. The third kappa shape index (κ3) is 3.35. The number of aromatic hydroxyl groups is 1. The topological polar surface area (TPSA) is 50.7 Å². The normalized spacial score (nSPS) is 12.8. The second-order valence-corrected chi connectivity index (χ2v) is 4.23. The van der Waals surface area contributed by atoms with E-state index in [0.717, 1.165) is 16.8 Å². The van der Waals surface area contributed by atoms with Gasteiger partial charge < -0.3 is 19.9 Å². The molecule has 1 unspecified atom stereocenters. The summed E-state index contributed by atoms with van der Waals surface area (Å²) in [6, 6.07) is 3.69. The predicted octanol–water partition coefficient (Wildman–Crippen LogP) is 2.43. The van der Waals surface area contributed by atoms with Crippen LogP contribution in [-0.4, -0.2) is 31.7 Å². The van der Waals surface area contributed by atoms with Gasteiger partial charge in [-0.3, -0.25) is 0 Å². The quantitative estimate of drug-likeness (QED) is 0.612. The van der Waals surface area contributed by atoms with Gasteiger partial charge in [-0.2, -0.15) is 0 Å². The van der Waals surface area contributed by atoms with Crippen molar-refractivity contribution in [3.8, 4) is 5.75 Å². The summed E-state index contributed by atoms with van der Waals surface area (Å²) in [4.78, 5) is 0. The first kappa shape index (κ1) is 13.8. The highest BCUT2D eigenvalue weighted by Gasteiger charge is 2.16. The highest BCUT2D eigenvalue weighted by Crippen LogP contribution is 2.25. The van der Waals surface area contributed by atoms with E-state index in [1.807, 2.05) is 26.8 Å². The molecule has 2 N–H and O–H groups in total. The Hall–Kier alpha value is -1.26. The molecule has 0 spiro atoms. The van der Waals surface area contributed by atoms with Gasteiger partial charge >= 0.3 is 0 Å².